The zero-order valence-electron chi connectivity index (χ0n) is 10.9. The lowest BCUT2D eigenvalue weighted by Gasteiger charge is -2.10. The summed E-state index contributed by atoms with van der Waals surface area (Å²) in [4.78, 5) is 16.0. The summed E-state index contributed by atoms with van der Waals surface area (Å²) in [6.45, 7) is 2.11. The first-order chi connectivity index (χ1) is 9.20. The Kier molecular flexibility index (Phi) is 4.13. The number of carbonyl (C=O) groups is 1. The third-order valence-corrected chi connectivity index (χ3v) is 2.83. The number of carbonyl (C=O) groups excluding carboxylic acids is 1. The summed E-state index contributed by atoms with van der Waals surface area (Å²) >= 11 is 0. The topological polar surface area (TPSA) is 68.0 Å². The molecule has 0 fully saturated rings. The van der Waals surface area contributed by atoms with Gasteiger partial charge in [-0.2, -0.15) is 0 Å². The number of nitrogen functional groups attached to an aromatic ring is 1. The highest BCUT2D eigenvalue weighted by atomic mass is 16.1. The summed E-state index contributed by atoms with van der Waals surface area (Å²) in [5, 5.41) is 2.91. The van der Waals surface area contributed by atoms with Crippen molar-refractivity contribution in [3.63, 3.8) is 0 Å². The molecule has 0 aliphatic heterocycles. The third kappa shape index (κ3) is 3.31. The number of nitrogens with two attached hydrogens (primary N) is 1. The lowest BCUT2D eigenvalue weighted by atomic mass is 10.1. The quantitative estimate of drug-likeness (QED) is 0.882. The average Bonchev–Trinajstić information content (AvgIpc) is 2.42. The van der Waals surface area contributed by atoms with Crippen LogP contribution in [0, 0.1) is 0 Å². The summed E-state index contributed by atoms with van der Waals surface area (Å²) in [7, 11) is 0. The maximum absolute atomic E-state index is 12.1. The van der Waals surface area contributed by atoms with Crippen LogP contribution in [0.2, 0.25) is 0 Å². The number of aryl methyl sites for hydroxylation is 1. The molecule has 0 bridgehead atoms. The van der Waals surface area contributed by atoms with E-state index >= 15 is 0 Å². The molecular formula is C15H17N3O. The van der Waals surface area contributed by atoms with E-state index in [9.17, 15) is 4.79 Å². The molecule has 2 rings (SSSR count). The van der Waals surface area contributed by atoms with Crippen molar-refractivity contribution in [3.8, 4) is 0 Å². The van der Waals surface area contributed by atoms with Crippen molar-refractivity contribution in [1.82, 2.24) is 4.98 Å². The Hall–Kier alpha value is -2.36. The molecule has 0 radical (unpaired) electrons. The molecular weight excluding hydrogens is 238 g/mol. The molecule has 0 saturated carbocycles. The van der Waals surface area contributed by atoms with Gasteiger partial charge in [-0.3, -0.25) is 4.79 Å². The van der Waals surface area contributed by atoms with Crippen LogP contribution in [-0.2, 0) is 6.42 Å². The molecule has 0 unspecified atom stereocenters. The molecule has 4 heteroatoms. The molecule has 1 aromatic heterocycles. The van der Waals surface area contributed by atoms with E-state index in [1.54, 1.807) is 12.1 Å². The highest BCUT2D eigenvalue weighted by Crippen LogP contribution is 2.17. The van der Waals surface area contributed by atoms with Gasteiger partial charge in [0, 0.05) is 11.9 Å². The normalized spacial score (nSPS) is 10.2. The Morgan fingerprint density at radius 3 is 2.74 bits per heavy atom. The second-order valence-corrected chi connectivity index (χ2v) is 4.33. The lowest BCUT2D eigenvalue weighted by molar-refractivity contribution is 0.102. The lowest BCUT2D eigenvalue weighted by Crippen LogP contribution is -2.13. The predicted molar refractivity (Wildman–Crippen MR) is 77.0 cm³/mol. The maximum Gasteiger partial charge on any atom is 0.257 e. The van der Waals surface area contributed by atoms with Crippen molar-refractivity contribution in [1.29, 1.82) is 0 Å². The molecule has 1 aromatic carbocycles. The molecule has 1 heterocycles. The van der Waals surface area contributed by atoms with Gasteiger partial charge in [0.15, 0.2) is 0 Å². The molecule has 1 amide bonds. The molecule has 0 saturated heterocycles. The van der Waals surface area contributed by atoms with Gasteiger partial charge in [0.25, 0.3) is 5.91 Å². The minimum absolute atomic E-state index is 0.170. The first-order valence-corrected chi connectivity index (χ1v) is 6.31. The monoisotopic (exact) mass is 255 g/mol. The van der Waals surface area contributed by atoms with Crippen molar-refractivity contribution in [2.45, 2.75) is 19.8 Å². The van der Waals surface area contributed by atoms with Crippen LogP contribution in [-0.4, -0.2) is 10.9 Å². The Morgan fingerprint density at radius 1 is 1.26 bits per heavy atom. The fourth-order valence-corrected chi connectivity index (χ4v) is 1.86. The third-order valence-electron chi connectivity index (χ3n) is 2.83. The van der Waals surface area contributed by atoms with Gasteiger partial charge in [0.2, 0.25) is 0 Å². The van der Waals surface area contributed by atoms with Crippen LogP contribution >= 0.6 is 0 Å². The van der Waals surface area contributed by atoms with Crippen LogP contribution in [0.1, 0.15) is 29.3 Å². The second kappa shape index (κ2) is 6.00. The van der Waals surface area contributed by atoms with E-state index in [1.807, 2.05) is 24.3 Å². The molecule has 0 aliphatic rings. The van der Waals surface area contributed by atoms with Gasteiger partial charge in [0.1, 0.15) is 5.82 Å². The molecule has 0 aliphatic carbocycles. The van der Waals surface area contributed by atoms with Crippen molar-refractivity contribution < 1.29 is 4.79 Å². The smallest absolute Gasteiger partial charge is 0.257 e. The van der Waals surface area contributed by atoms with Crippen molar-refractivity contribution in [2.75, 3.05) is 11.1 Å². The van der Waals surface area contributed by atoms with E-state index < -0.39 is 0 Å². The van der Waals surface area contributed by atoms with Gasteiger partial charge in [-0.25, -0.2) is 4.98 Å². The van der Waals surface area contributed by atoms with Gasteiger partial charge >= 0.3 is 0 Å². The minimum Gasteiger partial charge on any atom is -0.384 e. The van der Waals surface area contributed by atoms with E-state index in [2.05, 4.69) is 17.2 Å². The highest BCUT2D eigenvalue weighted by molar-refractivity contribution is 6.04. The zero-order valence-corrected chi connectivity index (χ0v) is 10.9. The average molecular weight is 255 g/mol. The van der Waals surface area contributed by atoms with Gasteiger partial charge in [-0.1, -0.05) is 31.5 Å². The number of hydrogen-bond acceptors (Lipinski definition) is 3. The van der Waals surface area contributed by atoms with E-state index in [-0.39, 0.29) is 5.91 Å². The summed E-state index contributed by atoms with van der Waals surface area (Å²) in [5.41, 5.74) is 7.99. The number of amides is 1. The van der Waals surface area contributed by atoms with Gasteiger partial charge < -0.3 is 11.1 Å². The van der Waals surface area contributed by atoms with Gasteiger partial charge in [-0.05, 0) is 30.2 Å². The van der Waals surface area contributed by atoms with Crippen LogP contribution in [0.25, 0.3) is 0 Å². The highest BCUT2D eigenvalue weighted by Gasteiger charge is 2.08. The summed E-state index contributed by atoms with van der Waals surface area (Å²) in [6, 6.07) is 11.1. The number of benzene rings is 1. The zero-order chi connectivity index (χ0) is 13.7. The van der Waals surface area contributed by atoms with Gasteiger partial charge in [0.05, 0.1) is 5.56 Å². The number of hydrogen-bond donors (Lipinski definition) is 2. The van der Waals surface area contributed by atoms with Gasteiger partial charge in [-0.15, -0.1) is 0 Å². The summed E-state index contributed by atoms with van der Waals surface area (Å²) < 4.78 is 0. The molecule has 0 atom stereocenters. The predicted octanol–water partition coefficient (Wildman–Crippen LogP) is 2.87. The summed E-state index contributed by atoms with van der Waals surface area (Å²) in [6.07, 6.45) is 3.46. The molecule has 3 N–H and O–H groups in total. The van der Waals surface area contributed by atoms with Crippen molar-refractivity contribution in [3.05, 3.63) is 53.7 Å². The number of rotatable bonds is 4. The van der Waals surface area contributed by atoms with Crippen LogP contribution in [0.3, 0.4) is 0 Å². The molecule has 4 nitrogen and oxygen atoms in total. The minimum atomic E-state index is -0.170. The van der Waals surface area contributed by atoms with Crippen molar-refractivity contribution in [2.24, 2.45) is 0 Å². The molecule has 19 heavy (non-hydrogen) atoms. The fraction of sp³-hybridized carbons (Fsp3) is 0.200. The fourth-order valence-electron chi connectivity index (χ4n) is 1.86. The van der Waals surface area contributed by atoms with E-state index in [0.717, 1.165) is 24.1 Å². The van der Waals surface area contributed by atoms with E-state index in [4.69, 9.17) is 5.73 Å². The number of nitrogens with one attached hydrogen (secondary N) is 1. The number of nitrogens with zero attached hydrogens (tertiary/aromatic N) is 1. The van der Waals surface area contributed by atoms with E-state index in [0.29, 0.717) is 11.4 Å². The number of para-hydroxylation sites is 1. The first-order valence-electron chi connectivity index (χ1n) is 6.31. The number of pyridine rings is 1. The van der Waals surface area contributed by atoms with E-state index in [1.165, 1.54) is 6.20 Å². The van der Waals surface area contributed by atoms with Crippen LogP contribution in [0.4, 0.5) is 11.5 Å². The number of anilines is 2. The summed E-state index contributed by atoms with van der Waals surface area (Å²) in [5.74, 6) is 0.235. The molecule has 98 valence electrons. The Balaban J connectivity index is 2.16. The number of aromatic nitrogens is 1. The Morgan fingerprint density at radius 2 is 2.05 bits per heavy atom. The van der Waals surface area contributed by atoms with Crippen LogP contribution in [0.15, 0.2) is 42.6 Å². The Bertz CT molecular complexity index is 564. The maximum atomic E-state index is 12.1. The van der Waals surface area contributed by atoms with Crippen LogP contribution < -0.4 is 11.1 Å². The first kappa shape index (κ1) is 13.1. The molecule has 2 aromatic rings. The SMILES string of the molecule is CCCc1ccccc1NC(=O)c1ccc(N)nc1. The second-order valence-electron chi connectivity index (χ2n) is 4.33. The standard InChI is InChI=1S/C15H17N3O/c1-2-5-11-6-3-4-7-13(11)18-15(19)12-8-9-14(16)17-10-12/h3-4,6-10H,2,5H2,1H3,(H2,16,17)(H,18,19). The van der Waals surface area contributed by atoms with Crippen molar-refractivity contribution >= 4 is 17.4 Å². The van der Waals surface area contributed by atoms with Crippen LogP contribution in [0.5, 0.6) is 0 Å². The Labute approximate surface area is 112 Å². The molecule has 0 spiro atoms. The largest absolute Gasteiger partial charge is 0.384 e.